The van der Waals surface area contributed by atoms with Crippen LogP contribution >= 0.6 is 11.3 Å². The smallest absolute Gasteiger partial charge is 0.324 e. The first-order chi connectivity index (χ1) is 15.2. The zero-order valence-corrected chi connectivity index (χ0v) is 18.9. The SMILES string of the molecule is CS(=O)(=O)N1CCCC(c2nn(CC(=O)Nc3ccc(F)cc3)c(=O)n2-c2cccs2)C1. The number of carbonyl (C=O) groups excluding carboxylic acids is 1. The van der Waals surface area contributed by atoms with Crippen LogP contribution < -0.4 is 11.0 Å². The normalized spacial score (nSPS) is 17.4. The van der Waals surface area contributed by atoms with Crippen molar-refractivity contribution in [2.45, 2.75) is 25.3 Å². The van der Waals surface area contributed by atoms with Gasteiger partial charge >= 0.3 is 5.69 Å². The van der Waals surface area contributed by atoms with Gasteiger partial charge in [0.05, 0.1) is 6.26 Å². The molecule has 1 N–H and O–H groups in total. The van der Waals surface area contributed by atoms with Crippen LogP contribution in [0.1, 0.15) is 24.6 Å². The molecule has 1 aliphatic heterocycles. The fourth-order valence-electron chi connectivity index (χ4n) is 3.72. The summed E-state index contributed by atoms with van der Waals surface area (Å²) >= 11 is 1.35. The van der Waals surface area contributed by atoms with Crippen LogP contribution in [0, 0.1) is 5.82 Å². The average molecular weight is 480 g/mol. The molecule has 0 saturated carbocycles. The summed E-state index contributed by atoms with van der Waals surface area (Å²) < 4.78 is 41.1. The van der Waals surface area contributed by atoms with Crippen LogP contribution in [0.2, 0.25) is 0 Å². The van der Waals surface area contributed by atoms with Gasteiger partial charge in [-0.2, -0.15) is 5.10 Å². The van der Waals surface area contributed by atoms with E-state index in [1.54, 1.807) is 12.1 Å². The van der Waals surface area contributed by atoms with Gasteiger partial charge < -0.3 is 5.32 Å². The zero-order valence-electron chi connectivity index (χ0n) is 17.3. The Balaban J connectivity index is 1.64. The molecule has 32 heavy (non-hydrogen) atoms. The van der Waals surface area contributed by atoms with E-state index in [9.17, 15) is 22.4 Å². The van der Waals surface area contributed by atoms with E-state index in [0.29, 0.717) is 35.9 Å². The third-order valence-electron chi connectivity index (χ3n) is 5.23. The summed E-state index contributed by atoms with van der Waals surface area (Å²) in [4.78, 5) is 25.6. The van der Waals surface area contributed by atoms with Crippen molar-refractivity contribution in [2.24, 2.45) is 0 Å². The van der Waals surface area contributed by atoms with E-state index in [4.69, 9.17) is 0 Å². The molecule has 3 heterocycles. The van der Waals surface area contributed by atoms with Crippen molar-refractivity contribution in [2.75, 3.05) is 24.7 Å². The summed E-state index contributed by atoms with van der Waals surface area (Å²) in [6.45, 7) is 0.325. The van der Waals surface area contributed by atoms with E-state index in [1.807, 2.05) is 5.38 Å². The third-order valence-corrected chi connectivity index (χ3v) is 7.35. The second kappa shape index (κ2) is 8.96. The quantitative estimate of drug-likeness (QED) is 0.582. The summed E-state index contributed by atoms with van der Waals surface area (Å²) in [5.41, 5.74) is -0.0772. The number of benzene rings is 1. The highest BCUT2D eigenvalue weighted by Crippen LogP contribution is 2.28. The first kappa shape index (κ1) is 22.4. The van der Waals surface area contributed by atoms with Crippen LogP contribution in [0.3, 0.4) is 0 Å². The molecule has 12 heteroatoms. The van der Waals surface area contributed by atoms with Gasteiger partial charge in [-0.25, -0.2) is 31.2 Å². The topological polar surface area (TPSA) is 106 Å². The first-order valence-corrected chi connectivity index (χ1v) is 12.7. The molecule has 1 fully saturated rings. The van der Waals surface area contributed by atoms with E-state index >= 15 is 0 Å². The molecule has 0 spiro atoms. The minimum Gasteiger partial charge on any atom is -0.324 e. The number of aromatic nitrogens is 3. The van der Waals surface area contributed by atoms with Crippen molar-refractivity contribution < 1.29 is 17.6 Å². The highest BCUT2D eigenvalue weighted by molar-refractivity contribution is 7.88. The van der Waals surface area contributed by atoms with Crippen LogP contribution in [-0.2, 0) is 21.4 Å². The average Bonchev–Trinajstić information content (AvgIpc) is 3.38. The summed E-state index contributed by atoms with van der Waals surface area (Å²) in [7, 11) is -3.37. The number of amides is 1. The molecule has 2 aromatic heterocycles. The number of rotatable bonds is 6. The monoisotopic (exact) mass is 479 g/mol. The predicted molar refractivity (Wildman–Crippen MR) is 119 cm³/mol. The van der Waals surface area contributed by atoms with Gasteiger partial charge in [-0.15, -0.1) is 11.3 Å². The van der Waals surface area contributed by atoms with Gasteiger partial charge in [-0.1, -0.05) is 0 Å². The maximum atomic E-state index is 13.2. The van der Waals surface area contributed by atoms with E-state index < -0.39 is 27.4 Å². The van der Waals surface area contributed by atoms with Crippen LogP contribution in [-0.4, -0.2) is 52.3 Å². The first-order valence-electron chi connectivity index (χ1n) is 9.96. The summed E-state index contributed by atoms with van der Waals surface area (Å²) in [6, 6.07) is 8.88. The predicted octanol–water partition coefficient (Wildman–Crippen LogP) is 2.01. The number of hydrogen-bond donors (Lipinski definition) is 1. The number of halogens is 1. The fourth-order valence-corrected chi connectivity index (χ4v) is 5.36. The highest BCUT2D eigenvalue weighted by Gasteiger charge is 2.32. The maximum Gasteiger partial charge on any atom is 0.351 e. The molecule has 0 radical (unpaired) electrons. The Labute approximate surface area is 188 Å². The molecule has 4 rings (SSSR count). The number of sulfonamides is 1. The lowest BCUT2D eigenvalue weighted by Gasteiger charge is -2.30. The second-order valence-electron chi connectivity index (χ2n) is 7.60. The molecule has 3 aromatic rings. The molecule has 1 amide bonds. The Hall–Kier alpha value is -2.83. The van der Waals surface area contributed by atoms with E-state index in [1.165, 1.54) is 50.7 Å². The van der Waals surface area contributed by atoms with E-state index in [2.05, 4.69) is 10.4 Å². The molecule has 1 saturated heterocycles. The van der Waals surface area contributed by atoms with Gasteiger partial charge in [-0.05, 0) is 54.6 Å². The van der Waals surface area contributed by atoms with Gasteiger partial charge in [0.1, 0.15) is 23.2 Å². The number of nitrogens with zero attached hydrogens (tertiary/aromatic N) is 4. The molecule has 170 valence electrons. The number of nitrogens with one attached hydrogen (secondary N) is 1. The van der Waals surface area contributed by atoms with Crippen molar-refractivity contribution in [3.8, 4) is 5.00 Å². The van der Waals surface area contributed by atoms with Crippen molar-refractivity contribution >= 4 is 33.0 Å². The number of hydrogen-bond acceptors (Lipinski definition) is 6. The van der Waals surface area contributed by atoms with Crippen LogP contribution in [0.5, 0.6) is 0 Å². The Morgan fingerprint density at radius 1 is 1.28 bits per heavy atom. The largest absolute Gasteiger partial charge is 0.351 e. The zero-order chi connectivity index (χ0) is 22.9. The minimum atomic E-state index is -3.37. The Bertz CT molecular complexity index is 1270. The lowest BCUT2D eigenvalue weighted by molar-refractivity contribution is -0.117. The van der Waals surface area contributed by atoms with E-state index in [-0.39, 0.29) is 19.0 Å². The standard InChI is InChI=1S/C20H22FN5O4S2/c1-32(29,30)24-10-2-4-14(12-24)19-23-25(20(28)26(19)18-5-3-11-31-18)13-17(27)22-16-8-6-15(21)7-9-16/h3,5-9,11,14H,2,4,10,12-13H2,1H3,(H,22,27). The van der Waals surface area contributed by atoms with Crippen LogP contribution in [0.15, 0.2) is 46.6 Å². The van der Waals surface area contributed by atoms with Crippen molar-refractivity contribution in [3.63, 3.8) is 0 Å². The number of carbonyl (C=O) groups is 1. The van der Waals surface area contributed by atoms with Gasteiger partial charge in [0.2, 0.25) is 15.9 Å². The molecule has 0 aliphatic carbocycles. The number of anilines is 1. The lowest BCUT2D eigenvalue weighted by atomic mass is 9.99. The van der Waals surface area contributed by atoms with Crippen LogP contribution in [0.25, 0.3) is 5.00 Å². The van der Waals surface area contributed by atoms with Crippen molar-refractivity contribution in [1.29, 1.82) is 0 Å². The summed E-state index contributed by atoms with van der Waals surface area (Å²) in [6.07, 6.45) is 2.49. The molecule has 1 aromatic carbocycles. The molecule has 1 unspecified atom stereocenters. The van der Waals surface area contributed by atoms with Gasteiger partial charge in [-0.3, -0.25) is 4.79 Å². The van der Waals surface area contributed by atoms with E-state index in [0.717, 1.165) is 4.68 Å². The second-order valence-corrected chi connectivity index (χ2v) is 10.5. The Morgan fingerprint density at radius 2 is 2.03 bits per heavy atom. The highest BCUT2D eigenvalue weighted by atomic mass is 32.2. The Kier molecular flexibility index (Phi) is 6.26. The van der Waals surface area contributed by atoms with Crippen LogP contribution in [0.4, 0.5) is 10.1 Å². The molecule has 0 bridgehead atoms. The molecule has 1 aliphatic rings. The summed E-state index contributed by atoms with van der Waals surface area (Å²) in [5, 5.41) is 9.52. The van der Waals surface area contributed by atoms with Gasteiger partial charge in [0.15, 0.2) is 0 Å². The van der Waals surface area contributed by atoms with Crippen molar-refractivity contribution in [3.05, 3.63) is 63.9 Å². The number of piperidine rings is 1. The van der Waals surface area contributed by atoms with Crippen molar-refractivity contribution in [1.82, 2.24) is 18.7 Å². The molecular formula is C20H22FN5O4S2. The molecule has 1 atom stereocenters. The summed E-state index contributed by atoms with van der Waals surface area (Å²) in [5.74, 6) is -0.758. The molecule has 9 nitrogen and oxygen atoms in total. The maximum absolute atomic E-state index is 13.2. The van der Waals surface area contributed by atoms with Gasteiger partial charge in [0.25, 0.3) is 0 Å². The minimum absolute atomic E-state index is 0.225. The lowest BCUT2D eigenvalue weighted by Crippen LogP contribution is -2.39. The Morgan fingerprint density at radius 3 is 2.69 bits per heavy atom. The van der Waals surface area contributed by atoms with Gasteiger partial charge in [0, 0.05) is 24.7 Å². The fraction of sp³-hybridized carbons (Fsp3) is 0.350. The molecular weight excluding hydrogens is 457 g/mol. The third kappa shape index (κ3) is 4.81. The number of thiophene rings is 1.